The lowest BCUT2D eigenvalue weighted by Gasteiger charge is -2.01. The van der Waals surface area contributed by atoms with Crippen LogP contribution in [0.1, 0.15) is 13.8 Å². The van der Waals surface area contributed by atoms with Crippen molar-refractivity contribution in [2.45, 2.75) is 13.8 Å². The van der Waals surface area contributed by atoms with Crippen molar-refractivity contribution in [3.05, 3.63) is 41.3 Å². The molecule has 0 fully saturated rings. The molecule has 0 bridgehead atoms. The smallest absolute Gasteiger partial charge is 0.250 e. The van der Waals surface area contributed by atoms with E-state index >= 15 is 0 Å². The van der Waals surface area contributed by atoms with Crippen molar-refractivity contribution < 1.29 is 9.53 Å². The van der Waals surface area contributed by atoms with Crippen molar-refractivity contribution in [2.24, 2.45) is 0 Å². The largest absolute Gasteiger partial charge is 0.497 e. The van der Waals surface area contributed by atoms with E-state index in [2.05, 4.69) is 10.3 Å². The zero-order chi connectivity index (χ0) is 14.5. The molecule has 0 unspecified atom stereocenters. The van der Waals surface area contributed by atoms with Crippen LogP contribution in [0.3, 0.4) is 0 Å². The lowest BCUT2D eigenvalue weighted by atomic mass is 10.2. The Morgan fingerprint density at radius 2 is 2.20 bits per heavy atom. The minimum Gasteiger partial charge on any atom is -0.497 e. The number of hydrogen-bond acceptors (Lipinski definition) is 4. The van der Waals surface area contributed by atoms with E-state index in [1.165, 1.54) is 11.3 Å². The van der Waals surface area contributed by atoms with Gasteiger partial charge >= 0.3 is 0 Å². The number of thiazole rings is 1. The maximum Gasteiger partial charge on any atom is 0.250 e. The maximum atomic E-state index is 11.6. The van der Waals surface area contributed by atoms with Crippen LogP contribution in [-0.2, 0) is 4.79 Å². The topological polar surface area (TPSA) is 51.2 Å². The van der Waals surface area contributed by atoms with Gasteiger partial charge in [0.2, 0.25) is 5.91 Å². The molecule has 1 heterocycles. The third kappa shape index (κ3) is 3.68. The van der Waals surface area contributed by atoms with Crippen LogP contribution in [0, 0.1) is 0 Å². The fourth-order valence-electron chi connectivity index (χ4n) is 1.65. The second-order valence-corrected chi connectivity index (χ2v) is 5.34. The van der Waals surface area contributed by atoms with Gasteiger partial charge in [-0.25, -0.2) is 4.98 Å². The van der Waals surface area contributed by atoms with E-state index < -0.39 is 0 Å². The Bertz CT molecular complexity index is 643. The lowest BCUT2D eigenvalue weighted by molar-refractivity contribution is -0.111. The zero-order valence-corrected chi connectivity index (χ0v) is 12.5. The molecular weight excluding hydrogens is 272 g/mol. The summed E-state index contributed by atoms with van der Waals surface area (Å²) in [6, 6.07) is 7.67. The molecule has 2 aromatic rings. The summed E-state index contributed by atoms with van der Waals surface area (Å²) < 4.78 is 5.19. The predicted molar refractivity (Wildman–Crippen MR) is 82.2 cm³/mol. The number of hydrogen-bond donors (Lipinski definition) is 1. The zero-order valence-electron chi connectivity index (χ0n) is 11.6. The average molecular weight is 288 g/mol. The van der Waals surface area contributed by atoms with Crippen molar-refractivity contribution in [2.75, 3.05) is 12.4 Å². The molecule has 2 rings (SSSR count). The number of benzene rings is 1. The van der Waals surface area contributed by atoms with Gasteiger partial charge in [0.05, 0.1) is 12.8 Å². The van der Waals surface area contributed by atoms with E-state index in [1.807, 2.05) is 43.5 Å². The van der Waals surface area contributed by atoms with Crippen LogP contribution < -0.4 is 10.1 Å². The highest BCUT2D eigenvalue weighted by molar-refractivity contribution is 7.14. The number of amides is 1. The average Bonchev–Trinajstić information content (AvgIpc) is 2.86. The SMILES string of the molecule is COc1cccc(-c2csc(NC(=O)C=C(C)C)n2)c1. The number of ether oxygens (including phenoxy) is 1. The predicted octanol–water partition coefficient (Wildman–Crippen LogP) is 3.72. The van der Waals surface area contributed by atoms with E-state index in [0.717, 1.165) is 22.6 Å². The number of allylic oxidation sites excluding steroid dienone is 1. The van der Waals surface area contributed by atoms with Gasteiger partial charge in [-0.3, -0.25) is 10.1 Å². The first-order valence-corrected chi connectivity index (χ1v) is 7.02. The summed E-state index contributed by atoms with van der Waals surface area (Å²) in [5, 5.41) is 5.25. The fourth-order valence-corrected chi connectivity index (χ4v) is 2.37. The standard InChI is InChI=1S/C15H16N2O2S/c1-10(2)7-14(18)17-15-16-13(9-20-15)11-5-4-6-12(8-11)19-3/h4-9H,1-3H3,(H,16,17,18). The van der Waals surface area contributed by atoms with Crippen LogP contribution in [0.5, 0.6) is 5.75 Å². The molecule has 1 amide bonds. The molecule has 1 aromatic heterocycles. The van der Waals surface area contributed by atoms with E-state index in [1.54, 1.807) is 13.2 Å². The highest BCUT2D eigenvalue weighted by Gasteiger charge is 2.07. The quantitative estimate of drug-likeness (QED) is 0.872. The molecule has 0 saturated heterocycles. The molecule has 20 heavy (non-hydrogen) atoms. The number of nitrogens with zero attached hydrogens (tertiary/aromatic N) is 1. The van der Waals surface area contributed by atoms with Gasteiger partial charge in [-0.1, -0.05) is 17.7 Å². The molecule has 104 valence electrons. The molecule has 0 aliphatic heterocycles. The number of nitrogens with one attached hydrogen (secondary N) is 1. The molecule has 0 radical (unpaired) electrons. The minimum atomic E-state index is -0.156. The van der Waals surface area contributed by atoms with Crippen molar-refractivity contribution in [1.82, 2.24) is 4.98 Å². The summed E-state index contributed by atoms with van der Waals surface area (Å²) in [5.74, 6) is 0.627. The van der Waals surface area contributed by atoms with Gasteiger partial charge in [0.1, 0.15) is 5.75 Å². The van der Waals surface area contributed by atoms with E-state index in [9.17, 15) is 4.79 Å². The number of anilines is 1. The van der Waals surface area contributed by atoms with Crippen LogP contribution in [0.15, 0.2) is 41.3 Å². The van der Waals surface area contributed by atoms with E-state index in [0.29, 0.717) is 5.13 Å². The Kier molecular flexibility index (Phi) is 4.53. The van der Waals surface area contributed by atoms with Crippen molar-refractivity contribution in [3.8, 4) is 17.0 Å². The molecule has 1 aromatic carbocycles. The second kappa shape index (κ2) is 6.34. The summed E-state index contributed by atoms with van der Waals surface area (Å²) in [5.41, 5.74) is 2.73. The number of carbonyl (C=O) groups excluding carboxylic acids is 1. The third-order valence-electron chi connectivity index (χ3n) is 2.52. The van der Waals surface area contributed by atoms with Gasteiger partial charge in [0.25, 0.3) is 0 Å². The van der Waals surface area contributed by atoms with Crippen LogP contribution in [-0.4, -0.2) is 18.0 Å². The molecular formula is C15H16N2O2S. The van der Waals surface area contributed by atoms with Crippen LogP contribution in [0.4, 0.5) is 5.13 Å². The summed E-state index contributed by atoms with van der Waals surface area (Å²) in [6.07, 6.45) is 1.55. The first-order chi connectivity index (χ1) is 9.58. The normalized spacial score (nSPS) is 9.95. The Hall–Kier alpha value is -2.14. The minimum absolute atomic E-state index is 0.156. The van der Waals surface area contributed by atoms with Crippen LogP contribution in [0.25, 0.3) is 11.3 Å². The van der Waals surface area contributed by atoms with Crippen molar-refractivity contribution in [1.29, 1.82) is 0 Å². The fraction of sp³-hybridized carbons (Fsp3) is 0.200. The lowest BCUT2D eigenvalue weighted by Crippen LogP contribution is -2.07. The molecule has 1 N–H and O–H groups in total. The van der Waals surface area contributed by atoms with Gasteiger partial charge in [-0.15, -0.1) is 11.3 Å². The van der Waals surface area contributed by atoms with Gasteiger partial charge < -0.3 is 4.74 Å². The first-order valence-electron chi connectivity index (χ1n) is 6.14. The summed E-state index contributed by atoms with van der Waals surface area (Å²) in [6.45, 7) is 3.76. The molecule has 0 spiro atoms. The van der Waals surface area contributed by atoms with E-state index in [-0.39, 0.29) is 5.91 Å². The van der Waals surface area contributed by atoms with Gasteiger partial charge in [-0.05, 0) is 26.0 Å². The maximum absolute atomic E-state index is 11.6. The number of methoxy groups -OCH3 is 1. The number of rotatable bonds is 4. The van der Waals surface area contributed by atoms with Crippen LogP contribution in [0.2, 0.25) is 0 Å². The summed E-state index contributed by atoms with van der Waals surface area (Å²) in [7, 11) is 1.63. The Balaban J connectivity index is 2.16. The van der Waals surface area contributed by atoms with Gasteiger partial charge in [0, 0.05) is 17.0 Å². The highest BCUT2D eigenvalue weighted by atomic mass is 32.1. The molecule has 5 heteroatoms. The van der Waals surface area contributed by atoms with Crippen molar-refractivity contribution >= 4 is 22.4 Å². The molecule has 0 atom stereocenters. The monoisotopic (exact) mass is 288 g/mol. The van der Waals surface area contributed by atoms with Crippen LogP contribution >= 0.6 is 11.3 Å². The third-order valence-corrected chi connectivity index (χ3v) is 3.28. The second-order valence-electron chi connectivity index (χ2n) is 4.48. The Labute approximate surface area is 122 Å². The van der Waals surface area contributed by atoms with Gasteiger partial charge in [-0.2, -0.15) is 0 Å². The summed E-state index contributed by atoms with van der Waals surface area (Å²) >= 11 is 1.40. The molecule has 0 saturated carbocycles. The Morgan fingerprint density at radius 1 is 1.40 bits per heavy atom. The van der Waals surface area contributed by atoms with Crippen molar-refractivity contribution in [3.63, 3.8) is 0 Å². The van der Waals surface area contributed by atoms with E-state index in [4.69, 9.17) is 4.74 Å². The highest BCUT2D eigenvalue weighted by Crippen LogP contribution is 2.27. The molecule has 0 aliphatic rings. The van der Waals surface area contributed by atoms with Gasteiger partial charge in [0.15, 0.2) is 5.13 Å². The Morgan fingerprint density at radius 3 is 2.90 bits per heavy atom. The summed E-state index contributed by atoms with van der Waals surface area (Å²) in [4.78, 5) is 16.0. The first kappa shape index (κ1) is 14.3. The number of carbonyl (C=O) groups is 1. The molecule has 4 nitrogen and oxygen atoms in total. The molecule has 0 aliphatic carbocycles. The number of aromatic nitrogens is 1.